The smallest absolute Gasteiger partial charge is 0.293 e. The second kappa shape index (κ2) is 4.14. The van der Waals surface area contributed by atoms with Crippen LogP contribution in [0.2, 0.25) is 0 Å². The van der Waals surface area contributed by atoms with Gasteiger partial charge in [0.15, 0.2) is 0 Å². The van der Waals surface area contributed by atoms with Gasteiger partial charge in [0.2, 0.25) is 6.29 Å². The summed E-state index contributed by atoms with van der Waals surface area (Å²) in [6.07, 6.45) is -0.651. The molecule has 1 unspecified atom stereocenters. The van der Waals surface area contributed by atoms with E-state index in [2.05, 4.69) is 13.3 Å². The van der Waals surface area contributed by atoms with Gasteiger partial charge in [-0.15, -0.1) is 0 Å². The van der Waals surface area contributed by atoms with E-state index in [0.29, 0.717) is 6.04 Å². The third kappa shape index (κ3) is 2.44. The second-order valence-electron chi connectivity index (χ2n) is 3.63. The Hall–Kier alpha value is -0.170. The first-order valence-electron chi connectivity index (χ1n) is 4.74. The summed E-state index contributed by atoms with van der Waals surface area (Å²) >= 11 is 0. The van der Waals surface area contributed by atoms with E-state index in [1.54, 1.807) is 0 Å². The Labute approximate surface area is 85.3 Å². The minimum Gasteiger partial charge on any atom is -0.293 e. The highest BCUT2D eigenvalue weighted by atomic mass is 32.3. The summed E-state index contributed by atoms with van der Waals surface area (Å²) in [5, 5.41) is 0. The van der Waals surface area contributed by atoms with Gasteiger partial charge >= 0.3 is 10.4 Å². The van der Waals surface area contributed by atoms with E-state index >= 15 is 0 Å². The molecule has 0 saturated carbocycles. The highest BCUT2D eigenvalue weighted by molar-refractivity contribution is 7.82. The fourth-order valence-electron chi connectivity index (χ4n) is 1.68. The van der Waals surface area contributed by atoms with Crippen LogP contribution in [0.4, 0.5) is 0 Å². The zero-order valence-electron chi connectivity index (χ0n) is 8.93. The van der Waals surface area contributed by atoms with E-state index in [1.807, 2.05) is 27.7 Å². The van der Waals surface area contributed by atoms with Crippen LogP contribution >= 0.6 is 0 Å². The molecule has 1 atom stereocenters. The molecule has 0 bridgehead atoms. The van der Waals surface area contributed by atoms with Gasteiger partial charge in [0.1, 0.15) is 0 Å². The van der Waals surface area contributed by atoms with Crippen molar-refractivity contribution in [3.8, 4) is 0 Å². The monoisotopic (exact) mass is 223 g/mol. The van der Waals surface area contributed by atoms with Crippen molar-refractivity contribution in [3.63, 3.8) is 0 Å². The lowest BCUT2D eigenvalue weighted by Gasteiger charge is -2.38. The summed E-state index contributed by atoms with van der Waals surface area (Å²) in [7, 11) is -3.67. The van der Waals surface area contributed by atoms with E-state index in [9.17, 15) is 8.42 Å². The molecule has 0 N–H and O–H groups in total. The number of hydrogen-bond donors (Lipinski definition) is 0. The minimum atomic E-state index is -3.67. The molecule has 0 aromatic carbocycles. The van der Waals surface area contributed by atoms with E-state index < -0.39 is 16.7 Å². The first kappa shape index (κ1) is 11.9. The molecule has 84 valence electrons. The molecular formula is C8H17NO4S. The van der Waals surface area contributed by atoms with Crippen LogP contribution in [-0.2, 0) is 18.8 Å². The Morgan fingerprint density at radius 1 is 1.29 bits per heavy atom. The van der Waals surface area contributed by atoms with Gasteiger partial charge in [-0.2, -0.15) is 8.42 Å². The number of nitrogens with zero attached hydrogens (tertiary/aromatic N) is 1. The number of rotatable bonds is 4. The van der Waals surface area contributed by atoms with E-state index in [-0.39, 0.29) is 6.04 Å². The highest BCUT2D eigenvalue weighted by Crippen LogP contribution is 2.24. The SMILES string of the molecule is CCN(C(C)C)C(C)C1OS(=O)(=O)O1. The maximum Gasteiger partial charge on any atom is 0.405 e. The summed E-state index contributed by atoms with van der Waals surface area (Å²) < 4.78 is 30.5. The molecule has 6 heteroatoms. The molecule has 1 aliphatic heterocycles. The molecule has 5 nitrogen and oxygen atoms in total. The average Bonchev–Trinajstić information content (AvgIpc) is 2.00. The van der Waals surface area contributed by atoms with Gasteiger partial charge in [0, 0.05) is 6.04 Å². The maximum atomic E-state index is 10.6. The molecule has 0 aromatic rings. The number of hydrogen-bond acceptors (Lipinski definition) is 5. The topological polar surface area (TPSA) is 55.8 Å². The molecule has 1 rings (SSSR count). The Balaban J connectivity index is 2.53. The third-order valence-corrected chi connectivity index (χ3v) is 3.22. The lowest BCUT2D eigenvalue weighted by molar-refractivity contribution is -0.127. The fourth-order valence-corrected chi connectivity index (χ4v) is 2.48. The molecule has 0 radical (unpaired) electrons. The third-order valence-electron chi connectivity index (χ3n) is 2.37. The molecular weight excluding hydrogens is 206 g/mol. The van der Waals surface area contributed by atoms with Crippen LogP contribution in [0.5, 0.6) is 0 Å². The van der Waals surface area contributed by atoms with Crippen molar-refractivity contribution in [3.05, 3.63) is 0 Å². The molecule has 1 aliphatic rings. The molecule has 0 spiro atoms. The van der Waals surface area contributed by atoms with Crippen LogP contribution in [0.3, 0.4) is 0 Å². The molecule has 0 aromatic heterocycles. The van der Waals surface area contributed by atoms with Gasteiger partial charge in [-0.1, -0.05) is 6.92 Å². The minimum absolute atomic E-state index is 0.0523. The predicted molar refractivity (Wildman–Crippen MR) is 51.9 cm³/mol. The molecule has 1 fully saturated rings. The van der Waals surface area contributed by atoms with Crippen molar-refractivity contribution in [2.45, 2.75) is 46.1 Å². The van der Waals surface area contributed by atoms with Crippen LogP contribution < -0.4 is 0 Å². The zero-order valence-corrected chi connectivity index (χ0v) is 9.74. The lowest BCUT2D eigenvalue weighted by atomic mass is 10.2. The van der Waals surface area contributed by atoms with E-state index in [4.69, 9.17) is 0 Å². The van der Waals surface area contributed by atoms with Gasteiger partial charge in [-0.25, -0.2) is 8.37 Å². The first-order chi connectivity index (χ1) is 6.37. The van der Waals surface area contributed by atoms with Crippen molar-refractivity contribution < 1.29 is 16.8 Å². The first-order valence-corrected chi connectivity index (χ1v) is 6.08. The van der Waals surface area contributed by atoms with Crippen LogP contribution in [-0.4, -0.2) is 38.2 Å². The van der Waals surface area contributed by atoms with E-state index in [0.717, 1.165) is 6.54 Å². The Morgan fingerprint density at radius 3 is 2.07 bits per heavy atom. The Kier molecular flexibility index (Phi) is 3.52. The van der Waals surface area contributed by atoms with Crippen molar-refractivity contribution in [2.75, 3.05) is 6.54 Å². The van der Waals surface area contributed by atoms with Crippen LogP contribution in [0, 0.1) is 0 Å². The fraction of sp³-hybridized carbons (Fsp3) is 1.00. The van der Waals surface area contributed by atoms with Crippen molar-refractivity contribution >= 4 is 10.4 Å². The van der Waals surface area contributed by atoms with Gasteiger partial charge < -0.3 is 0 Å². The zero-order chi connectivity index (χ0) is 10.9. The summed E-state index contributed by atoms with van der Waals surface area (Å²) in [5.74, 6) is 0. The molecule has 14 heavy (non-hydrogen) atoms. The largest absolute Gasteiger partial charge is 0.405 e. The van der Waals surface area contributed by atoms with Gasteiger partial charge in [0.25, 0.3) is 0 Å². The van der Waals surface area contributed by atoms with Crippen molar-refractivity contribution in [1.82, 2.24) is 4.90 Å². The highest BCUT2D eigenvalue weighted by Gasteiger charge is 2.42. The quantitative estimate of drug-likeness (QED) is 0.703. The molecule has 1 heterocycles. The normalized spacial score (nSPS) is 23.9. The number of likely N-dealkylation sites (N-methyl/N-ethyl adjacent to an activating group) is 1. The van der Waals surface area contributed by atoms with Crippen LogP contribution in [0.15, 0.2) is 0 Å². The van der Waals surface area contributed by atoms with E-state index in [1.165, 1.54) is 0 Å². The maximum absolute atomic E-state index is 10.6. The lowest BCUT2D eigenvalue weighted by Crippen LogP contribution is -2.53. The average molecular weight is 223 g/mol. The molecule has 0 aliphatic carbocycles. The Bertz CT molecular complexity index is 276. The molecule has 1 saturated heterocycles. The summed E-state index contributed by atoms with van der Waals surface area (Å²) in [6, 6.07) is 0.286. The van der Waals surface area contributed by atoms with Gasteiger partial charge in [0.05, 0.1) is 6.04 Å². The summed E-state index contributed by atoms with van der Waals surface area (Å²) in [6.45, 7) is 8.84. The van der Waals surface area contributed by atoms with Crippen LogP contribution in [0.25, 0.3) is 0 Å². The summed E-state index contributed by atoms with van der Waals surface area (Å²) in [4.78, 5) is 2.11. The van der Waals surface area contributed by atoms with Crippen molar-refractivity contribution in [2.24, 2.45) is 0 Å². The van der Waals surface area contributed by atoms with Crippen molar-refractivity contribution in [1.29, 1.82) is 0 Å². The Morgan fingerprint density at radius 2 is 1.79 bits per heavy atom. The van der Waals surface area contributed by atoms with Crippen LogP contribution in [0.1, 0.15) is 27.7 Å². The predicted octanol–water partition coefficient (Wildman–Crippen LogP) is 0.723. The van der Waals surface area contributed by atoms with Gasteiger partial charge in [-0.3, -0.25) is 4.90 Å². The second-order valence-corrected chi connectivity index (χ2v) is 4.84. The molecule has 0 amide bonds. The standard InChI is InChI=1S/C8H17NO4S/c1-5-9(6(2)3)7(4)8-12-14(10,11)13-8/h6-8H,5H2,1-4H3. The van der Waals surface area contributed by atoms with Gasteiger partial charge in [-0.05, 0) is 27.3 Å². The summed E-state index contributed by atoms with van der Waals surface area (Å²) in [5.41, 5.74) is 0.